The summed E-state index contributed by atoms with van der Waals surface area (Å²) in [6, 6.07) is 30.0. The van der Waals surface area contributed by atoms with Crippen LogP contribution in [0.1, 0.15) is 3.58 Å². The number of ketones is 2. The maximum atomic E-state index is 12.9. The summed E-state index contributed by atoms with van der Waals surface area (Å²) in [7, 11) is 0. The maximum absolute atomic E-state index is 12.9. The van der Waals surface area contributed by atoms with Crippen LogP contribution in [0.2, 0.25) is 0 Å². The van der Waals surface area contributed by atoms with Gasteiger partial charge in [-0.3, -0.25) is 0 Å². The second-order valence-electron chi connectivity index (χ2n) is 8.79. The molecule has 7 rings (SSSR count). The zero-order valence-electron chi connectivity index (χ0n) is 18.5. The zero-order valence-corrected chi connectivity index (χ0v) is 21.7. The fraction of sp³-hybridized carbons (Fsp3) is 0.0667. The number of Topliss-reactive ketones (excluding diaryl/α,β-unsaturated/α-hetero) is 2. The van der Waals surface area contributed by atoms with Gasteiger partial charge in [-0.1, -0.05) is 0 Å². The van der Waals surface area contributed by atoms with Crippen LogP contribution in [-0.4, -0.2) is 37.2 Å². The number of nitrogens with zero attached hydrogens (tertiary/aromatic N) is 1. The molecule has 2 atom stereocenters. The van der Waals surface area contributed by atoms with Crippen molar-refractivity contribution in [2.24, 2.45) is 5.92 Å². The number of para-hydroxylation sites is 2. The van der Waals surface area contributed by atoms with Crippen molar-refractivity contribution in [3.8, 4) is 22.3 Å². The molecule has 3 nitrogen and oxygen atoms in total. The first-order valence-electron chi connectivity index (χ1n) is 11.5. The minimum absolute atomic E-state index is 0.0160. The third-order valence-electron chi connectivity index (χ3n) is 6.85. The SMILES string of the molecule is O=C1/C(=C\c2ccc(N3c4ccccc4-c4ccccc4-c4ccccc43)[te]2)C(=O)C2SC=CC12. The van der Waals surface area contributed by atoms with Crippen molar-refractivity contribution in [2.75, 3.05) is 4.90 Å². The van der Waals surface area contributed by atoms with E-state index < -0.39 is 20.4 Å². The fourth-order valence-corrected chi connectivity index (χ4v) is 9.10. The molecule has 0 spiro atoms. The van der Waals surface area contributed by atoms with Gasteiger partial charge in [0.05, 0.1) is 0 Å². The number of benzene rings is 3. The van der Waals surface area contributed by atoms with E-state index in [0.717, 1.165) is 15.0 Å². The Labute approximate surface area is 217 Å². The summed E-state index contributed by atoms with van der Waals surface area (Å²) >= 11 is 0.657. The van der Waals surface area contributed by atoms with Gasteiger partial charge in [0.25, 0.3) is 0 Å². The summed E-state index contributed by atoms with van der Waals surface area (Å²) in [5.74, 6) is -0.321. The first kappa shape index (κ1) is 21.2. The van der Waals surface area contributed by atoms with Crippen molar-refractivity contribution in [3.05, 3.63) is 106 Å². The summed E-state index contributed by atoms with van der Waals surface area (Å²) < 4.78 is 2.37. The van der Waals surface area contributed by atoms with Crippen LogP contribution in [-0.2, 0) is 9.59 Å². The van der Waals surface area contributed by atoms with E-state index in [2.05, 4.69) is 89.8 Å². The standard InChI is InChI=1S/C30H19NO2STe/c32-28-23-15-16-34-30(23)29(33)24(28)17-18-13-14-27(35-18)31-25-11-5-3-9-21(25)19-7-1-2-8-20(19)22-10-4-6-12-26(22)31/h1-17,23,30H/b24-17+. The molecule has 0 radical (unpaired) electrons. The second kappa shape index (κ2) is 8.24. The first-order chi connectivity index (χ1) is 17.2. The number of hydrogen-bond donors (Lipinski definition) is 0. The number of fused-ring (bicyclic) bond motifs is 6. The van der Waals surface area contributed by atoms with E-state index in [-0.39, 0.29) is 22.7 Å². The number of thioether (sulfide) groups is 1. The van der Waals surface area contributed by atoms with Crippen LogP contribution in [0.15, 0.2) is 102 Å². The summed E-state index contributed by atoms with van der Waals surface area (Å²) in [5, 5.41) is 1.63. The van der Waals surface area contributed by atoms with Crippen molar-refractivity contribution >= 4 is 64.9 Å². The molecule has 3 aromatic carbocycles. The topological polar surface area (TPSA) is 37.4 Å². The van der Waals surface area contributed by atoms with Gasteiger partial charge in [-0.05, 0) is 0 Å². The number of anilines is 3. The molecule has 0 amide bonds. The second-order valence-corrected chi connectivity index (χ2v) is 13.0. The van der Waals surface area contributed by atoms with Crippen molar-refractivity contribution in [1.82, 2.24) is 0 Å². The molecule has 0 bridgehead atoms. The van der Waals surface area contributed by atoms with Crippen LogP contribution in [0.5, 0.6) is 0 Å². The molecule has 0 saturated heterocycles. The van der Waals surface area contributed by atoms with Crippen LogP contribution in [0.4, 0.5) is 15.1 Å². The molecule has 35 heavy (non-hydrogen) atoms. The molecule has 1 aliphatic carbocycles. The molecule has 1 fully saturated rings. The molecule has 1 saturated carbocycles. The van der Waals surface area contributed by atoms with E-state index in [1.165, 1.54) is 37.7 Å². The fourth-order valence-electron chi connectivity index (χ4n) is 5.24. The Bertz CT molecular complexity index is 1530. The molecule has 4 aromatic rings. The van der Waals surface area contributed by atoms with Crippen LogP contribution >= 0.6 is 11.8 Å². The summed E-state index contributed by atoms with van der Waals surface area (Å²) in [6.07, 6.45) is 3.76. The number of allylic oxidation sites excluding steroid dienone is 2. The first-order valence-corrected chi connectivity index (χ1v) is 14.8. The quantitative estimate of drug-likeness (QED) is 0.132. The molecule has 2 unspecified atom stereocenters. The molecule has 168 valence electrons. The molecular formula is C30H19NO2STe. The third-order valence-corrected chi connectivity index (χ3v) is 10.9. The van der Waals surface area contributed by atoms with Crippen LogP contribution in [0.3, 0.4) is 0 Å². The molecule has 1 aromatic heterocycles. The summed E-state index contributed by atoms with van der Waals surface area (Å²) in [4.78, 5) is 28.1. The van der Waals surface area contributed by atoms with Crippen LogP contribution in [0.25, 0.3) is 28.3 Å². The Kier molecular flexibility index (Phi) is 4.99. The number of carbonyl (C=O) groups is 2. The average Bonchev–Trinajstić information content (AvgIpc) is 3.60. The molecule has 3 aliphatic rings. The Morgan fingerprint density at radius 2 is 1.31 bits per heavy atom. The van der Waals surface area contributed by atoms with E-state index in [9.17, 15) is 9.59 Å². The van der Waals surface area contributed by atoms with Crippen molar-refractivity contribution in [2.45, 2.75) is 5.25 Å². The van der Waals surface area contributed by atoms with Gasteiger partial charge in [0.1, 0.15) is 0 Å². The summed E-state index contributed by atoms with van der Waals surface area (Å²) in [5.41, 5.74) is 7.57. The number of rotatable bonds is 2. The van der Waals surface area contributed by atoms with Crippen molar-refractivity contribution in [1.29, 1.82) is 0 Å². The number of carbonyl (C=O) groups excluding carboxylic acids is 2. The van der Waals surface area contributed by atoms with E-state index in [1.807, 2.05) is 17.6 Å². The van der Waals surface area contributed by atoms with Gasteiger partial charge in [-0.25, -0.2) is 0 Å². The zero-order chi connectivity index (χ0) is 23.5. The Morgan fingerprint density at radius 3 is 1.94 bits per heavy atom. The van der Waals surface area contributed by atoms with Crippen LogP contribution < -0.4 is 4.90 Å². The Morgan fingerprint density at radius 1 is 0.714 bits per heavy atom. The van der Waals surface area contributed by atoms with E-state index >= 15 is 0 Å². The van der Waals surface area contributed by atoms with Gasteiger partial charge >= 0.3 is 218 Å². The van der Waals surface area contributed by atoms with Gasteiger partial charge < -0.3 is 0 Å². The van der Waals surface area contributed by atoms with Gasteiger partial charge in [-0.15, -0.1) is 0 Å². The van der Waals surface area contributed by atoms with Gasteiger partial charge in [0, 0.05) is 0 Å². The average molecular weight is 585 g/mol. The summed E-state index contributed by atoms with van der Waals surface area (Å²) in [6.45, 7) is 0. The van der Waals surface area contributed by atoms with Crippen molar-refractivity contribution < 1.29 is 9.59 Å². The normalized spacial score (nSPS) is 21.0. The molecule has 3 heterocycles. The molecule has 0 N–H and O–H groups in total. The minimum atomic E-state index is -0.812. The van der Waals surface area contributed by atoms with Crippen molar-refractivity contribution in [3.63, 3.8) is 0 Å². The predicted octanol–water partition coefficient (Wildman–Crippen LogP) is 6.64. The Balaban J connectivity index is 1.38. The van der Waals surface area contributed by atoms with E-state index in [0.29, 0.717) is 5.57 Å². The molecular weight excluding hydrogens is 566 g/mol. The molecule has 5 heteroatoms. The monoisotopic (exact) mass is 587 g/mol. The van der Waals surface area contributed by atoms with E-state index in [1.54, 1.807) is 0 Å². The predicted molar refractivity (Wildman–Crippen MR) is 144 cm³/mol. The number of hydrogen-bond acceptors (Lipinski definition) is 4. The van der Waals surface area contributed by atoms with Gasteiger partial charge in [-0.2, -0.15) is 0 Å². The molecule has 2 aliphatic heterocycles. The third kappa shape index (κ3) is 3.27. The van der Waals surface area contributed by atoms with Crippen LogP contribution in [0, 0.1) is 5.92 Å². The van der Waals surface area contributed by atoms with Gasteiger partial charge in [0.15, 0.2) is 0 Å². The van der Waals surface area contributed by atoms with E-state index in [4.69, 9.17) is 0 Å². The Hall–Kier alpha value is -3.10. The van der Waals surface area contributed by atoms with Gasteiger partial charge in [0.2, 0.25) is 0 Å².